The van der Waals surface area contributed by atoms with Gasteiger partial charge in [-0.15, -0.1) is 0 Å². The molecule has 1 amide bonds. The minimum absolute atomic E-state index is 0.00304. The fraction of sp³-hybridized carbons (Fsp3) is 0.310. The number of hydrogen-bond donors (Lipinski definition) is 1. The zero-order valence-electron chi connectivity index (χ0n) is 19.9. The first-order chi connectivity index (χ1) is 16.4. The summed E-state index contributed by atoms with van der Waals surface area (Å²) >= 11 is 0. The largest absolute Gasteiger partial charge is 0.478 e. The molecule has 0 aliphatic heterocycles. The van der Waals surface area contributed by atoms with Gasteiger partial charge < -0.3 is 14.9 Å². The van der Waals surface area contributed by atoms with E-state index < -0.39 is 5.97 Å². The Morgan fingerprint density at radius 1 is 0.824 bits per heavy atom. The Morgan fingerprint density at radius 3 is 2.03 bits per heavy atom. The monoisotopic (exact) mass is 456 g/mol. The van der Waals surface area contributed by atoms with E-state index in [0.717, 1.165) is 48.1 Å². The molecule has 0 spiro atoms. The van der Waals surface area contributed by atoms with Crippen LogP contribution in [0.15, 0.2) is 72.8 Å². The predicted octanol–water partition coefficient (Wildman–Crippen LogP) is 6.23. The van der Waals surface area contributed by atoms with Crippen LogP contribution in [0, 0.1) is 5.92 Å². The van der Waals surface area contributed by atoms with Gasteiger partial charge >= 0.3 is 5.97 Å². The van der Waals surface area contributed by atoms with Crippen molar-refractivity contribution in [3.05, 3.63) is 83.9 Å². The van der Waals surface area contributed by atoms with E-state index in [0.29, 0.717) is 12.2 Å². The van der Waals surface area contributed by atoms with Crippen LogP contribution in [0.3, 0.4) is 0 Å². The number of carbonyl (C=O) groups excluding carboxylic acids is 1. The van der Waals surface area contributed by atoms with Gasteiger partial charge in [-0.3, -0.25) is 4.79 Å². The lowest BCUT2D eigenvalue weighted by atomic mass is 9.88. The molecule has 176 valence electrons. The number of carboxylic acids is 1. The highest BCUT2D eigenvalue weighted by Gasteiger charge is 2.27. The van der Waals surface area contributed by atoms with Gasteiger partial charge in [0.1, 0.15) is 0 Å². The molecule has 0 heterocycles. The van der Waals surface area contributed by atoms with Gasteiger partial charge in [0.2, 0.25) is 5.91 Å². The minimum atomic E-state index is -0.989. The van der Waals surface area contributed by atoms with Gasteiger partial charge in [-0.1, -0.05) is 61.7 Å². The third kappa shape index (κ3) is 5.48. The highest BCUT2D eigenvalue weighted by atomic mass is 16.4. The Hall–Kier alpha value is -3.60. The van der Waals surface area contributed by atoms with Gasteiger partial charge in [-0.2, -0.15) is 0 Å². The average Bonchev–Trinajstić information content (AvgIpc) is 2.88. The molecule has 0 atom stereocenters. The van der Waals surface area contributed by atoms with Crippen molar-refractivity contribution in [2.75, 3.05) is 23.9 Å². The zero-order chi connectivity index (χ0) is 24.1. The van der Waals surface area contributed by atoms with Crippen LogP contribution in [0.5, 0.6) is 0 Å². The average molecular weight is 457 g/mol. The Bertz CT molecular complexity index is 1130. The SMILES string of the molecule is CN(C)c1ccc(-c2ccc(CN(C(=O)C3CCCCC3)c3cccc(C(=O)O)c3)cc2)cc1. The number of nitrogens with zero attached hydrogens (tertiary/aromatic N) is 2. The fourth-order valence-electron chi connectivity index (χ4n) is 4.61. The summed E-state index contributed by atoms with van der Waals surface area (Å²) in [5, 5.41) is 9.45. The third-order valence-electron chi connectivity index (χ3n) is 6.64. The summed E-state index contributed by atoms with van der Waals surface area (Å²) in [5.74, 6) is -0.904. The van der Waals surface area contributed by atoms with Crippen molar-refractivity contribution in [1.29, 1.82) is 0 Å². The minimum Gasteiger partial charge on any atom is -0.478 e. The molecule has 3 aromatic rings. The van der Waals surface area contributed by atoms with Gasteiger partial charge in [0.15, 0.2) is 0 Å². The van der Waals surface area contributed by atoms with Crippen LogP contribution in [-0.4, -0.2) is 31.1 Å². The first kappa shape index (κ1) is 23.6. The number of carbonyl (C=O) groups is 2. The molecular weight excluding hydrogens is 424 g/mol. The Kier molecular flexibility index (Phi) is 7.31. The molecule has 1 saturated carbocycles. The van der Waals surface area contributed by atoms with Crippen LogP contribution >= 0.6 is 0 Å². The van der Waals surface area contributed by atoms with Gasteiger partial charge in [0.05, 0.1) is 12.1 Å². The highest BCUT2D eigenvalue weighted by molar-refractivity contribution is 5.97. The van der Waals surface area contributed by atoms with E-state index in [4.69, 9.17) is 0 Å². The number of aromatic carboxylic acids is 1. The first-order valence-corrected chi connectivity index (χ1v) is 11.9. The van der Waals surface area contributed by atoms with Crippen molar-refractivity contribution < 1.29 is 14.7 Å². The highest BCUT2D eigenvalue weighted by Crippen LogP contribution is 2.30. The lowest BCUT2D eigenvalue weighted by Gasteiger charge is -2.30. The molecular formula is C29H32N2O3. The molecule has 4 rings (SSSR count). The summed E-state index contributed by atoms with van der Waals surface area (Å²) in [4.78, 5) is 28.9. The maximum Gasteiger partial charge on any atom is 0.335 e. The zero-order valence-corrected chi connectivity index (χ0v) is 19.9. The topological polar surface area (TPSA) is 60.9 Å². The van der Waals surface area contributed by atoms with Gasteiger partial charge in [0, 0.05) is 31.4 Å². The van der Waals surface area contributed by atoms with Gasteiger partial charge in [-0.05, 0) is 59.9 Å². The molecule has 5 nitrogen and oxygen atoms in total. The normalized spacial score (nSPS) is 13.9. The van der Waals surface area contributed by atoms with Crippen LogP contribution in [0.1, 0.15) is 48.0 Å². The molecule has 5 heteroatoms. The van der Waals surface area contributed by atoms with Crippen LogP contribution in [0.2, 0.25) is 0 Å². The molecule has 1 N–H and O–H groups in total. The molecule has 0 bridgehead atoms. The summed E-state index contributed by atoms with van der Waals surface area (Å²) in [5.41, 5.74) is 5.25. The summed E-state index contributed by atoms with van der Waals surface area (Å²) in [6.45, 7) is 0.415. The maximum atomic E-state index is 13.5. The fourth-order valence-corrected chi connectivity index (χ4v) is 4.61. The van der Waals surface area contributed by atoms with Crippen molar-refractivity contribution in [1.82, 2.24) is 0 Å². The molecule has 1 fully saturated rings. The van der Waals surface area contributed by atoms with E-state index in [1.54, 1.807) is 23.1 Å². The lowest BCUT2D eigenvalue weighted by Crippen LogP contribution is -2.36. The van der Waals surface area contributed by atoms with E-state index >= 15 is 0 Å². The van der Waals surface area contributed by atoms with Crippen LogP contribution in [-0.2, 0) is 11.3 Å². The van der Waals surface area contributed by atoms with E-state index in [1.807, 2.05) is 20.2 Å². The van der Waals surface area contributed by atoms with Crippen molar-refractivity contribution in [2.45, 2.75) is 38.6 Å². The maximum absolute atomic E-state index is 13.5. The number of carboxylic acid groups (broad SMARTS) is 1. The quantitative estimate of drug-likeness (QED) is 0.458. The summed E-state index contributed by atoms with van der Waals surface area (Å²) in [6, 6.07) is 23.4. The Labute approximate surface area is 201 Å². The predicted molar refractivity (Wildman–Crippen MR) is 137 cm³/mol. The van der Waals surface area contributed by atoms with E-state index in [2.05, 4.69) is 53.4 Å². The van der Waals surface area contributed by atoms with Crippen molar-refractivity contribution in [2.24, 2.45) is 5.92 Å². The first-order valence-electron chi connectivity index (χ1n) is 11.9. The number of benzene rings is 3. The van der Waals surface area contributed by atoms with Crippen LogP contribution in [0.25, 0.3) is 11.1 Å². The standard InChI is InChI=1S/C29H32N2O3/c1-30(2)26-17-15-23(16-18-26)22-13-11-21(12-14-22)20-31(28(32)24-7-4-3-5-8-24)27-10-6-9-25(19-27)29(33)34/h6,9-19,24H,3-5,7-8,20H2,1-2H3,(H,33,34). The second-order valence-corrected chi connectivity index (χ2v) is 9.25. The van der Waals surface area contributed by atoms with Crippen molar-refractivity contribution in [3.8, 4) is 11.1 Å². The van der Waals surface area contributed by atoms with E-state index in [1.165, 1.54) is 6.42 Å². The summed E-state index contributed by atoms with van der Waals surface area (Å²) in [7, 11) is 4.05. The molecule has 1 aliphatic carbocycles. The Morgan fingerprint density at radius 2 is 1.44 bits per heavy atom. The number of anilines is 2. The third-order valence-corrected chi connectivity index (χ3v) is 6.64. The second-order valence-electron chi connectivity index (χ2n) is 9.25. The van der Waals surface area contributed by atoms with E-state index in [-0.39, 0.29) is 17.4 Å². The molecule has 0 unspecified atom stereocenters. The van der Waals surface area contributed by atoms with E-state index in [9.17, 15) is 14.7 Å². The number of hydrogen-bond acceptors (Lipinski definition) is 3. The molecule has 0 aromatic heterocycles. The van der Waals surface area contributed by atoms with Crippen LogP contribution in [0.4, 0.5) is 11.4 Å². The molecule has 0 radical (unpaired) electrons. The smallest absolute Gasteiger partial charge is 0.335 e. The summed E-state index contributed by atoms with van der Waals surface area (Å²) in [6.07, 6.45) is 5.11. The van der Waals surface area contributed by atoms with Crippen molar-refractivity contribution >= 4 is 23.3 Å². The van der Waals surface area contributed by atoms with Crippen LogP contribution < -0.4 is 9.80 Å². The number of rotatable bonds is 7. The molecule has 0 saturated heterocycles. The van der Waals surface area contributed by atoms with Gasteiger partial charge in [0.25, 0.3) is 0 Å². The number of amides is 1. The molecule has 3 aromatic carbocycles. The summed E-state index contributed by atoms with van der Waals surface area (Å²) < 4.78 is 0. The molecule has 1 aliphatic rings. The second kappa shape index (κ2) is 10.6. The lowest BCUT2D eigenvalue weighted by molar-refractivity contribution is -0.123. The Balaban J connectivity index is 1.58. The van der Waals surface area contributed by atoms with Crippen molar-refractivity contribution in [3.63, 3.8) is 0 Å². The molecule has 34 heavy (non-hydrogen) atoms. The van der Waals surface area contributed by atoms with Gasteiger partial charge in [-0.25, -0.2) is 4.79 Å².